The highest BCUT2D eigenvalue weighted by atomic mass is 16.3. The first-order valence-corrected chi connectivity index (χ1v) is 11.9. The average Bonchev–Trinajstić information content (AvgIpc) is 3.34. The van der Waals surface area contributed by atoms with Crippen molar-refractivity contribution in [1.82, 2.24) is 19.9 Å². The zero-order valence-electron chi connectivity index (χ0n) is 19.1. The van der Waals surface area contributed by atoms with Crippen LogP contribution in [0, 0.1) is 6.92 Å². The number of aromatic amines is 1. The van der Waals surface area contributed by atoms with Crippen molar-refractivity contribution in [1.29, 1.82) is 0 Å². The quantitative estimate of drug-likeness (QED) is 0.320. The molecule has 1 saturated carbocycles. The fraction of sp³-hybridized carbons (Fsp3) is 0.250. The zero-order valence-corrected chi connectivity index (χ0v) is 19.1. The van der Waals surface area contributed by atoms with E-state index < -0.39 is 0 Å². The molecule has 0 radical (unpaired) electrons. The van der Waals surface area contributed by atoms with Gasteiger partial charge >= 0.3 is 0 Å². The highest BCUT2D eigenvalue weighted by molar-refractivity contribution is 6.03. The Kier molecular flexibility index (Phi) is 5.23. The summed E-state index contributed by atoms with van der Waals surface area (Å²) >= 11 is 0. The second-order valence-electron chi connectivity index (χ2n) is 9.24. The molecule has 0 aliphatic heterocycles. The number of aryl methyl sites for hydroxylation is 1. The smallest absolute Gasteiger partial charge is 0.177 e. The summed E-state index contributed by atoms with van der Waals surface area (Å²) in [6.07, 6.45) is 9.01. The molecule has 5 aromatic rings. The number of nitrogens with one attached hydrogen (secondary N) is 2. The van der Waals surface area contributed by atoms with Crippen molar-refractivity contribution in [2.75, 3.05) is 5.32 Å². The van der Waals surface area contributed by atoms with Crippen LogP contribution in [0.25, 0.3) is 44.3 Å². The van der Waals surface area contributed by atoms with Crippen molar-refractivity contribution in [3.05, 3.63) is 72.8 Å². The molecule has 0 spiro atoms. The molecular weight excluding hydrogens is 422 g/mol. The number of aromatic nitrogens is 4. The normalized spacial score (nSPS) is 18.4. The SMILES string of the molecule is Cc1ccc(-c2nccc3c(-c4cnc5nc[nH]c5c4)cccc23)cc1NC1CCC(O)CC1. The van der Waals surface area contributed by atoms with E-state index in [1.807, 2.05) is 12.4 Å². The first-order valence-electron chi connectivity index (χ1n) is 11.9. The van der Waals surface area contributed by atoms with E-state index >= 15 is 0 Å². The Hall–Kier alpha value is -3.77. The van der Waals surface area contributed by atoms with Gasteiger partial charge in [0.15, 0.2) is 5.65 Å². The van der Waals surface area contributed by atoms with Gasteiger partial charge in [-0.2, -0.15) is 0 Å². The second-order valence-corrected chi connectivity index (χ2v) is 9.24. The molecule has 6 heteroatoms. The number of fused-ring (bicyclic) bond motifs is 2. The van der Waals surface area contributed by atoms with Crippen molar-refractivity contribution < 1.29 is 5.11 Å². The number of H-pyrrole nitrogens is 1. The average molecular weight is 450 g/mol. The molecule has 6 nitrogen and oxygen atoms in total. The van der Waals surface area contributed by atoms with Gasteiger partial charge in [-0.25, -0.2) is 9.97 Å². The third-order valence-corrected chi connectivity index (χ3v) is 6.96. The number of hydrogen-bond acceptors (Lipinski definition) is 5. The van der Waals surface area contributed by atoms with Gasteiger partial charge in [0.2, 0.25) is 0 Å². The maximum Gasteiger partial charge on any atom is 0.177 e. The fourth-order valence-corrected chi connectivity index (χ4v) is 5.03. The van der Waals surface area contributed by atoms with Crippen LogP contribution in [0.5, 0.6) is 0 Å². The van der Waals surface area contributed by atoms with Gasteiger partial charge in [-0.1, -0.05) is 30.3 Å². The minimum absolute atomic E-state index is 0.149. The molecule has 0 unspecified atom stereocenters. The topological polar surface area (TPSA) is 86.7 Å². The minimum atomic E-state index is -0.149. The predicted octanol–water partition coefficient (Wildman–Crippen LogP) is 5.86. The van der Waals surface area contributed by atoms with E-state index in [0.29, 0.717) is 6.04 Å². The molecular formula is C28H27N5O. The number of nitrogens with zero attached hydrogens (tertiary/aromatic N) is 3. The summed E-state index contributed by atoms with van der Waals surface area (Å²) in [6.45, 7) is 2.14. The van der Waals surface area contributed by atoms with Crippen molar-refractivity contribution in [2.24, 2.45) is 0 Å². The maximum absolute atomic E-state index is 9.84. The van der Waals surface area contributed by atoms with Crippen LogP contribution in [0.1, 0.15) is 31.2 Å². The summed E-state index contributed by atoms with van der Waals surface area (Å²) in [5, 5.41) is 15.8. The Labute approximate surface area is 198 Å². The summed E-state index contributed by atoms with van der Waals surface area (Å²) in [5.74, 6) is 0. The largest absolute Gasteiger partial charge is 0.393 e. The van der Waals surface area contributed by atoms with Gasteiger partial charge < -0.3 is 15.4 Å². The molecule has 3 aromatic heterocycles. The van der Waals surface area contributed by atoms with Crippen LogP contribution in [0.15, 0.2) is 67.3 Å². The first-order chi connectivity index (χ1) is 16.7. The number of benzene rings is 2. The fourth-order valence-electron chi connectivity index (χ4n) is 5.03. The molecule has 3 N–H and O–H groups in total. The van der Waals surface area contributed by atoms with Crippen LogP contribution in [-0.4, -0.2) is 37.2 Å². The molecule has 2 aromatic carbocycles. The van der Waals surface area contributed by atoms with Gasteiger partial charge in [-0.3, -0.25) is 4.98 Å². The van der Waals surface area contributed by atoms with E-state index in [9.17, 15) is 5.11 Å². The second kappa shape index (κ2) is 8.54. The highest BCUT2D eigenvalue weighted by Crippen LogP contribution is 2.35. The van der Waals surface area contributed by atoms with Crippen LogP contribution >= 0.6 is 0 Å². The summed E-state index contributed by atoms with van der Waals surface area (Å²) in [6, 6.07) is 17.4. The summed E-state index contributed by atoms with van der Waals surface area (Å²) in [7, 11) is 0. The van der Waals surface area contributed by atoms with Gasteiger partial charge in [0.05, 0.1) is 23.6 Å². The van der Waals surface area contributed by atoms with Gasteiger partial charge in [0.1, 0.15) is 0 Å². The number of pyridine rings is 2. The molecule has 0 saturated heterocycles. The highest BCUT2D eigenvalue weighted by Gasteiger charge is 2.20. The minimum Gasteiger partial charge on any atom is -0.393 e. The number of aliphatic hydroxyl groups excluding tert-OH is 1. The maximum atomic E-state index is 9.84. The van der Waals surface area contributed by atoms with E-state index in [0.717, 1.165) is 75.7 Å². The van der Waals surface area contributed by atoms with Gasteiger partial charge in [0, 0.05) is 40.6 Å². The van der Waals surface area contributed by atoms with Gasteiger partial charge in [-0.15, -0.1) is 0 Å². The third kappa shape index (κ3) is 3.80. The zero-order chi connectivity index (χ0) is 23.1. The van der Waals surface area contributed by atoms with E-state index in [2.05, 4.69) is 75.7 Å². The Morgan fingerprint density at radius 1 is 0.912 bits per heavy atom. The Bertz CT molecular complexity index is 1480. The molecule has 1 fully saturated rings. The first kappa shape index (κ1) is 20.8. The molecule has 34 heavy (non-hydrogen) atoms. The number of rotatable bonds is 4. The lowest BCUT2D eigenvalue weighted by atomic mass is 9.92. The molecule has 0 amide bonds. The Morgan fingerprint density at radius 2 is 1.79 bits per heavy atom. The lowest BCUT2D eigenvalue weighted by molar-refractivity contribution is 0.126. The molecule has 1 aliphatic rings. The lowest BCUT2D eigenvalue weighted by Crippen LogP contribution is -2.28. The summed E-state index contributed by atoms with van der Waals surface area (Å²) < 4.78 is 0. The standard InChI is InChI=1S/C28H27N5O/c1-17-5-6-18(13-25(17)33-20-7-9-21(34)10-8-20)27-24-4-2-3-22(23(24)11-12-29-27)19-14-26-28(30-15-19)32-16-31-26/h2-6,11-16,20-21,33-34H,7-10H2,1H3,(H,30,31,32). The number of hydrogen-bond donors (Lipinski definition) is 3. The molecule has 3 heterocycles. The monoisotopic (exact) mass is 449 g/mol. The van der Waals surface area contributed by atoms with Crippen molar-refractivity contribution >= 4 is 27.6 Å². The van der Waals surface area contributed by atoms with E-state index in [1.54, 1.807) is 6.33 Å². The number of aliphatic hydroxyl groups is 1. The molecule has 6 rings (SSSR count). The lowest BCUT2D eigenvalue weighted by Gasteiger charge is -2.28. The van der Waals surface area contributed by atoms with E-state index in [1.165, 1.54) is 5.56 Å². The van der Waals surface area contributed by atoms with Crippen LogP contribution in [-0.2, 0) is 0 Å². The van der Waals surface area contributed by atoms with Crippen LogP contribution in [0.3, 0.4) is 0 Å². The van der Waals surface area contributed by atoms with Crippen LogP contribution in [0.2, 0.25) is 0 Å². The van der Waals surface area contributed by atoms with Gasteiger partial charge in [0.25, 0.3) is 0 Å². The molecule has 0 atom stereocenters. The van der Waals surface area contributed by atoms with Crippen molar-refractivity contribution in [2.45, 2.75) is 44.8 Å². The van der Waals surface area contributed by atoms with Crippen LogP contribution in [0.4, 0.5) is 5.69 Å². The number of anilines is 1. The Balaban J connectivity index is 1.40. The van der Waals surface area contributed by atoms with Gasteiger partial charge in [-0.05, 0) is 67.3 Å². The summed E-state index contributed by atoms with van der Waals surface area (Å²) in [4.78, 5) is 16.7. The van der Waals surface area contributed by atoms with Crippen molar-refractivity contribution in [3.8, 4) is 22.4 Å². The van der Waals surface area contributed by atoms with E-state index in [4.69, 9.17) is 4.98 Å². The summed E-state index contributed by atoms with van der Waals surface area (Å²) in [5.41, 5.74) is 8.23. The predicted molar refractivity (Wildman–Crippen MR) is 137 cm³/mol. The Morgan fingerprint density at radius 3 is 2.68 bits per heavy atom. The molecule has 170 valence electrons. The van der Waals surface area contributed by atoms with E-state index in [-0.39, 0.29) is 6.10 Å². The van der Waals surface area contributed by atoms with Crippen molar-refractivity contribution in [3.63, 3.8) is 0 Å². The molecule has 0 bridgehead atoms. The van der Waals surface area contributed by atoms with Crippen LogP contribution < -0.4 is 5.32 Å². The third-order valence-electron chi connectivity index (χ3n) is 6.96. The molecule has 1 aliphatic carbocycles. The number of imidazole rings is 1.